The number of rotatable bonds is 2. The number of hydrogen-bond donors (Lipinski definition) is 0. The van der Waals surface area contributed by atoms with Gasteiger partial charge in [-0.2, -0.15) is 0 Å². The molecule has 0 aromatic rings. The Morgan fingerprint density at radius 1 is 1.56 bits per heavy atom. The second kappa shape index (κ2) is 2.53. The summed E-state index contributed by atoms with van der Waals surface area (Å²) in [4.78, 5) is 0. The summed E-state index contributed by atoms with van der Waals surface area (Å²) in [5.74, 6) is 0. The van der Waals surface area contributed by atoms with Gasteiger partial charge in [0.25, 0.3) is 0 Å². The first-order valence-electron chi connectivity index (χ1n) is 3.11. The minimum atomic E-state index is 0.0984. The van der Waals surface area contributed by atoms with E-state index < -0.39 is 0 Å². The second-order valence-electron chi connectivity index (χ2n) is 2.82. The van der Waals surface area contributed by atoms with Crippen molar-refractivity contribution in [2.75, 3.05) is 7.11 Å². The van der Waals surface area contributed by atoms with Crippen LogP contribution in [0.1, 0.15) is 19.8 Å². The van der Waals surface area contributed by atoms with E-state index in [1.807, 2.05) is 0 Å². The number of methoxy groups -OCH3 is 1. The van der Waals surface area contributed by atoms with Crippen LogP contribution in [0.4, 0.5) is 0 Å². The summed E-state index contributed by atoms with van der Waals surface area (Å²) in [5.41, 5.74) is 0.0984. The van der Waals surface area contributed by atoms with E-state index in [2.05, 4.69) is 16.4 Å². The third-order valence-electron chi connectivity index (χ3n) is 2.00. The summed E-state index contributed by atoms with van der Waals surface area (Å²) in [7, 11) is 4.03. The summed E-state index contributed by atoms with van der Waals surface area (Å²) < 4.78 is 10.2. The molecule has 1 fully saturated rings. The third kappa shape index (κ3) is 1.43. The maximum absolute atomic E-state index is 5.22. The average Bonchev–Trinajstić information content (AvgIpc) is 1.81. The standard InChI is InChI=1S/C6H13O2P/c1-6(7-2)3-5(4-6)8-9/h5H,3-4,9H2,1-2H3. The van der Waals surface area contributed by atoms with Gasteiger partial charge in [-0.3, -0.25) is 0 Å². The van der Waals surface area contributed by atoms with E-state index in [4.69, 9.17) is 9.26 Å². The van der Waals surface area contributed by atoms with Gasteiger partial charge < -0.3 is 9.26 Å². The molecule has 0 N–H and O–H groups in total. The van der Waals surface area contributed by atoms with Crippen LogP contribution in [0.15, 0.2) is 0 Å². The van der Waals surface area contributed by atoms with Gasteiger partial charge in [-0.05, 0) is 6.92 Å². The number of ether oxygens (including phenoxy) is 1. The summed E-state index contributed by atoms with van der Waals surface area (Å²) >= 11 is 0. The lowest BCUT2D eigenvalue weighted by atomic mass is 9.79. The highest BCUT2D eigenvalue weighted by atomic mass is 31.0. The third-order valence-corrected chi connectivity index (χ3v) is 2.39. The van der Waals surface area contributed by atoms with Crippen molar-refractivity contribution in [2.45, 2.75) is 31.5 Å². The van der Waals surface area contributed by atoms with Crippen LogP contribution < -0.4 is 0 Å². The molecule has 54 valence electrons. The van der Waals surface area contributed by atoms with Crippen molar-refractivity contribution in [3.05, 3.63) is 0 Å². The van der Waals surface area contributed by atoms with Crippen LogP contribution in [0.3, 0.4) is 0 Å². The fraction of sp³-hybridized carbons (Fsp3) is 1.00. The smallest absolute Gasteiger partial charge is 0.0700 e. The van der Waals surface area contributed by atoms with Crippen LogP contribution in [0.2, 0.25) is 0 Å². The SMILES string of the molecule is COC1(C)CC(OP)C1. The summed E-state index contributed by atoms with van der Waals surface area (Å²) in [6.07, 6.45) is 2.44. The molecule has 2 nitrogen and oxygen atoms in total. The molecule has 0 aromatic heterocycles. The zero-order chi connectivity index (χ0) is 6.91. The predicted molar refractivity (Wildman–Crippen MR) is 39.2 cm³/mol. The minimum absolute atomic E-state index is 0.0984. The normalized spacial score (nSPS) is 42.3. The van der Waals surface area contributed by atoms with E-state index in [0.29, 0.717) is 6.10 Å². The summed E-state index contributed by atoms with van der Waals surface area (Å²) in [6.45, 7) is 2.10. The molecule has 0 aliphatic heterocycles. The highest BCUT2D eigenvalue weighted by molar-refractivity contribution is 7.09. The lowest BCUT2D eigenvalue weighted by molar-refractivity contribution is -0.111. The molecule has 1 saturated carbocycles. The van der Waals surface area contributed by atoms with Gasteiger partial charge in [0.1, 0.15) is 0 Å². The Morgan fingerprint density at radius 2 is 2.11 bits per heavy atom. The topological polar surface area (TPSA) is 18.5 Å². The van der Waals surface area contributed by atoms with Crippen molar-refractivity contribution in [1.82, 2.24) is 0 Å². The zero-order valence-corrected chi connectivity index (χ0v) is 7.04. The van der Waals surface area contributed by atoms with E-state index in [0.717, 1.165) is 12.8 Å². The Kier molecular flexibility index (Phi) is 2.10. The van der Waals surface area contributed by atoms with E-state index in [-0.39, 0.29) is 5.60 Å². The van der Waals surface area contributed by atoms with Gasteiger partial charge >= 0.3 is 0 Å². The predicted octanol–water partition coefficient (Wildman–Crippen LogP) is 1.36. The molecule has 0 heterocycles. The molecule has 1 rings (SSSR count). The maximum Gasteiger partial charge on any atom is 0.0700 e. The van der Waals surface area contributed by atoms with Crippen molar-refractivity contribution in [2.24, 2.45) is 0 Å². The Bertz CT molecular complexity index is 99.2. The summed E-state index contributed by atoms with van der Waals surface area (Å²) in [5, 5.41) is 0. The van der Waals surface area contributed by atoms with Gasteiger partial charge in [-0.1, -0.05) is 0 Å². The van der Waals surface area contributed by atoms with Crippen LogP contribution in [0.25, 0.3) is 0 Å². The molecule has 1 unspecified atom stereocenters. The molecule has 0 saturated heterocycles. The molecule has 3 heteroatoms. The molecule has 1 atom stereocenters. The van der Waals surface area contributed by atoms with E-state index >= 15 is 0 Å². The molecule has 0 amide bonds. The first-order chi connectivity index (χ1) is 4.20. The molecule has 9 heavy (non-hydrogen) atoms. The molecule has 1 aliphatic rings. The highest BCUT2D eigenvalue weighted by Crippen LogP contribution is 2.37. The van der Waals surface area contributed by atoms with E-state index in [1.54, 1.807) is 7.11 Å². The van der Waals surface area contributed by atoms with Crippen LogP contribution in [0, 0.1) is 0 Å². The maximum atomic E-state index is 5.22. The fourth-order valence-corrected chi connectivity index (χ4v) is 1.36. The largest absolute Gasteiger partial charge is 0.378 e. The van der Waals surface area contributed by atoms with Gasteiger partial charge in [-0.25, -0.2) is 0 Å². The molecule has 0 aromatic carbocycles. The quantitative estimate of drug-likeness (QED) is 0.550. The van der Waals surface area contributed by atoms with Crippen molar-refractivity contribution in [1.29, 1.82) is 0 Å². The van der Waals surface area contributed by atoms with Crippen LogP contribution in [0.5, 0.6) is 0 Å². The Hall–Kier alpha value is 0.350. The van der Waals surface area contributed by atoms with Gasteiger partial charge in [-0.15, -0.1) is 0 Å². The zero-order valence-electron chi connectivity index (χ0n) is 5.89. The molecule has 0 radical (unpaired) electrons. The fourth-order valence-electron chi connectivity index (χ4n) is 1.17. The molecular formula is C6H13O2P. The van der Waals surface area contributed by atoms with E-state index in [1.165, 1.54) is 0 Å². The lowest BCUT2D eigenvalue weighted by Crippen LogP contribution is -2.46. The first-order valence-corrected chi connectivity index (χ1v) is 3.58. The lowest BCUT2D eigenvalue weighted by Gasteiger charge is -2.42. The van der Waals surface area contributed by atoms with Crippen LogP contribution >= 0.6 is 9.47 Å². The van der Waals surface area contributed by atoms with Crippen molar-refractivity contribution >= 4 is 9.47 Å². The van der Waals surface area contributed by atoms with Crippen molar-refractivity contribution in [3.8, 4) is 0 Å². The molecule has 1 aliphatic carbocycles. The molecule has 0 bridgehead atoms. The van der Waals surface area contributed by atoms with Gasteiger partial charge in [0, 0.05) is 29.4 Å². The Labute approximate surface area is 58.2 Å². The van der Waals surface area contributed by atoms with Crippen molar-refractivity contribution < 1.29 is 9.26 Å². The summed E-state index contributed by atoms with van der Waals surface area (Å²) in [6, 6.07) is 0. The Morgan fingerprint density at radius 3 is 2.44 bits per heavy atom. The van der Waals surface area contributed by atoms with Gasteiger partial charge in [0.05, 0.1) is 11.7 Å². The van der Waals surface area contributed by atoms with Crippen LogP contribution in [-0.2, 0) is 9.26 Å². The monoisotopic (exact) mass is 148 g/mol. The molecule has 0 spiro atoms. The van der Waals surface area contributed by atoms with Crippen LogP contribution in [-0.4, -0.2) is 18.8 Å². The first kappa shape index (κ1) is 7.46. The van der Waals surface area contributed by atoms with Gasteiger partial charge in [0.2, 0.25) is 0 Å². The Balaban J connectivity index is 2.24. The average molecular weight is 148 g/mol. The molecular weight excluding hydrogens is 135 g/mol. The highest BCUT2D eigenvalue weighted by Gasteiger charge is 2.40. The number of hydrogen-bond acceptors (Lipinski definition) is 2. The second-order valence-corrected chi connectivity index (χ2v) is 3.09. The van der Waals surface area contributed by atoms with Crippen molar-refractivity contribution in [3.63, 3.8) is 0 Å². The van der Waals surface area contributed by atoms with E-state index in [9.17, 15) is 0 Å². The minimum Gasteiger partial charge on any atom is -0.378 e. The van der Waals surface area contributed by atoms with Gasteiger partial charge in [0.15, 0.2) is 0 Å².